The minimum absolute atomic E-state index is 1.19. The van der Waals surface area contributed by atoms with Crippen molar-refractivity contribution in [2.24, 2.45) is 0 Å². The molecule has 8 rings (SSSR count). The molecule has 0 aliphatic heterocycles. The van der Waals surface area contributed by atoms with E-state index in [0.717, 1.165) is 0 Å². The van der Waals surface area contributed by atoms with Crippen LogP contribution in [0.2, 0.25) is 0 Å². The molecule has 232 valence electrons. The van der Waals surface area contributed by atoms with Crippen molar-refractivity contribution in [2.45, 2.75) is 6.92 Å². The molecule has 8 aromatic carbocycles. The molecule has 0 N–H and O–H groups in total. The Morgan fingerprint density at radius 1 is 0.184 bits per heavy atom. The Balaban J connectivity index is 1.37. The minimum Gasteiger partial charge on any atom is -0.0622 e. The lowest BCUT2D eigenvalue weighted by Crippen LogP contribution is -1.90. The van der Waals surface area contributed by atoms with Gasteiger partial charge in [-0.15, -0.1) is 0 Å². The van der Waals surface area contributed by atoms with Gasteiger partial charge in [0, 0.05) is 0 Å². The van der Waals surface area contributed by atoms with Gasteiger partial charge in [0.1, 0.15) is 0 Å². The van der Waals surface area contributed by atoms with E-state index in [9.17, 15) is 0 Å². The predicted molar refractivity (Wildman–Crippen MR) is 209 cm³/mol. The third kappa shape index (κ3) is 6.63. The first-order valence-electron chi connectivity index (χ1n) is 16.9. The summed E-state index contributed by atoms with van der Waals surface area (Å²) in [4.78, 5) is 0. The topological polar surface area (TPSA) is 0 Å². The van der Waals surface area contributed by atoms with Crippen LogP contribution in [-0.4, -0.2) is 0 Å². The van der Waals surface area contributed by atoms with Crippen LogP contribution in [0.3, 0.4) is 0 Å². The van der Waals surface area contributed by atoms with Crippen molar-refractivity contribution >= 4 is 0 Å². The monoisotopic (exact) mass is 624 g/mol. The smallest absolute Gasteiger partial charge is 0.0171 e. The van der Waals surface area contributed by atoms with E-state index in [1.165, 1.54) is 83.5 Å². The molecular weight excluding hydrogens is 589 g/mol. The fourth-order valence-electron chi connectivity index (χ4n) is 6.73. The number of rotatable bonds is 7. The molecular formula is C49H36. The molecule has 0 atom stereocenters. The molecule has 0 bridgehead atoms. The first kappa shape index (κ1) is 30.1. The lowest BCUT2D eigenvalue weighted by Gasteiger charge is -2.16. The molecule has 0 aliphatic rings. The Morgan fingerprint density at radius 2 is 0.408 bits per heavy atom. The second-order valence-corrected chi connectivity index (χ2v) is 12.7. The molecule has 0 radical (unpaired) electrons. The summed E-state index contributed by atoms with van der Waals surface area (Å²) in [5, 5.41) is 0. The van der Waals surface area contributed by atoms with Gasteiger partial charge in [0.15, 0.2) is 0 Å². The van der Waals surface area contributed by atoms with Crippen LogP contribution < -0.4 is 0 Å². The zero-order valence-electron chi connectivity index (χ0n) is 27.6. The third-order valence-electron chi connectivity index (χ3n) is 9.25. The molecule has 0 heterocycles. The van der Waals surface area contributed by atoms with E-state index in [0.29, 0.717) is 0 Å². The fourth-order valence-corrected chi connectivity index (χ4v) is 6.73. The van der Waals surface area contributed by atoms with Gasteiger partial charge >= 0.3 is 0 Å². The summed E-state index contributed by atoms with van der Waals surface area (Å²) in [6.45, 7) is 2.17. The second-order valence-electron chi connectivity index (χ2n) is 12.7. The first-order chi connectivity index (χ1) is 24.2. The van der Waals surface area contributed by atoms with Gasteiger partial charge in [-0.25, -0.2) is 0 Å². The predicted octanol–water partition coefficient (Wildman–Crippen LogP) is 13.7. The van der Waals surface area contributed by atoms with Crippen LogP contribution in [0, 0.1) is 6.92 Å². The molecule has 0 unspecified atom stereocenters. The van der Waals surface area contributed by atoms with Crippen LogP contribution in [0.5, 0.6) is 0 Å². The summed E-state index contributed by atoms with van der Waals surface area (Å²) in [5.74, 6) is 0. The highest BCUT2D eigenvalue weighted by atomic mass is 14.2. The molecule has 0 aliphatic carbocycles. The van der Waals surface area contributed by atoms with Crippen molar-refractivity contribution in [3.8, 4) is 77.9 Å². The summed E-state index contributed by atoms with van der Waals surface area (Å²) >= 11 is 0. The summed E-state index contributed by atoms with van der Waals surface area (Å²) in [6.07, 6.45) is 0. The van der Waals surface area contributed by atoms with Gasteiger partial charge in [-0.05, 0) is 139 Å². The third-order valence-corrected chi connectivity index (χ3v) is 9.25. The normalized spacial score (nSPS) is 11.0. The molecule has 0 nitrogen and oxygen atoms in total. The zero-order chi connectivity index (χ0) is 33.0. The van der Waals surface area contributed by atoms with Gasteiger partial charge in [0.05, 0.1) is 0 Å². The van der Waals surface area contributed by atoms with Gasteiger partial charge in [-0.3, -0.25) is 0 Å². The second kappa shape index (κ2) is 13.5. The highest BCUT2D eigenvalue weighted by Gasteiger charge is 2.13. The van der Waals surface area contributed by atoms with Crippen LogP contribution >= 0.6 is 0 Å². The Hall–Kier alpha value is -6.24. The van der Waals surface area contributed by atoms with Crippen molar-refractivity contribution in [1.82, 2.24) is 0 Å². The SMILES string of the molecule is Cc1cccc(-c2cc(-c3cc(-c4ccccc4)cc(-c4ccccc4)c3)cc(-c3cc(-c4ccccc4)cc(-c4ccccc4)c3)c2)c1. The largest absolute Gasteiger partial charge is 0.0622 e. The maximum Gasteiger partial charge on any atom is -0.0171 e. The fraction of sp³-hybridized carbons (Fsp3) is 0.0204. The van der Waals surface area contributed by atoms with E-state index in [1.54, 1.807) is 0 Å². The maximum atomic E-state index is 2.37. The van der Waals surface area contributed by atoms with Gasteiger partial charge in [-0.1, -0.05) is 151 Å². The Bertz CT molecular complexity index is 2090. The van der Waals surface area contributed by atoms with E-state index < -0.39 is 0 Å². The summed E-state index contributed by atoms with van der Waals surface area (Å²) in [6, 6.07) is 72.7. The number of aryl methyl sites for hydroxylation is 1. The van der Waals surface area contributed by atoms with Crippen molar-refractivity contribution in [1.29, 1.82) is 0 Å². The van der Waals surface area contributed by atoms with Gasteiger partial charge in [-0.2, -0.15) is 0 Å². The Morgan fingerprint density at radius 3 is 0.673 bits per heavy atom. The molecule has 0 saturated heterocycles. The molecule has 0 saturated carbocycles. The number of hydrogen-bond acceptors (Lipinski definition) is 0. The van der Waals surface area contributed by atoms with Crippen LogP contribution in [0.25, 0.3) is 77.9 Å². The summed E-state index contributed by atoms with van der Waals surface area (Å²) in [7, 11) is 0. The highest BCUT2D eigenvalue weighted by molar-refractivity contribution is 5.88. The minimum atomic E-state index is 1.19. The summed E-state index contributed by atoms with van der Waals surface area (Å²) < 4.78 is 0. The number of benzene rings is 8. The van der Waals surface area contributed by atoms with E-state index in [4.69, 9.17) is 0 Å². The van der Waals surface area contributed by atoms with Gasteiger partial charge in [0.2, 0.25) is 0 Å². The average Bonchev–Trinajstić information content (AvgIpc) is 3.19. The van der Waals surface area contributed by atoms with Crippen LogP contribution in [0.15, 0.2) is 200 Å². The van der Waals surface area contributed by atoms with Gasteiger partial charge < -0.3 is 0 Å². The summed E-state index contributed by atoms with van der Waals surface area (Å²) in [5.41, 5.74) is 18.1. The van der Waals surface area contributed by atoms with E-state index in [1.807, 2.05) is 0 Å². The lowest BCUT2D eigenvalue weighted by atomic mass is 9.88. The molecule has 49 heavy (non-hydrogen) atoms. The molecule has 8 aromatic rings. The molecule has 0 fully saturated rings. The Kier molecular flexibility index (Phi) is 8.28. The lowest BCUT2D eigenvalue weighted by molar-refractivity contribution is 1.46. The van der Waals surface area contributed by atoms with E-state index in [-0.39, 0.29) is 0 Å². The van der Waals surface area contributed by atoms with E-state index in [2.05, 4.69) is 207 Å². The van der Waals surface area contributed by atoms with Crippen molar-refractivity contribution in [2.75, 3.05) is 0 Å². The van der Waals surface area contributed by atoms with Crippen LogP contribution in [0.4, 0.5) is 0 Å². The van der Waals surface area contributed by atoms with Crippen LogP contribution in [0.1, 0.15) is 5.56 Å². The van der Waals surface area contributed by atoms with Crippen molar-refractivity contribution in [3.63, 3.8) is 0 Å². The van der Waals surface area contributed by atoms with Crippen molar-refractivity contribution in [3.05, 3.63) is 206 Å². The molecule has 0 heteroatoms. The van der Waals surface area contributed by atoms with Gasteiger partial charge in [0.25, 0.3) is 0 Å². The van der Waals surface area contributed by atoms with E-state index >= 15 is 0 Å². The molecule has 0 spiro atoms. The first-order valence-corrected chi connectivity index (χ1v) is 16.9. The van der Waals surface area contributed by atoms with Crippen LogP contribution in [-0.2, 0) is 0 Å². The maximum absolute atomic E-state index is 2.37. The number of hydrogen-bond donors (Lipinski definition) is 0. The molecule has 0 aromatic heterocycles. The quantitative estimate of drug-likeness (QED) is 0.165. The Labute approximate surface area is 289 Å². The average molecular weight is 625 g/mol. The molecule has 0 amide bonds. The standard InChI is InChI=1S/C49H36/c1-35-15-14-24-40(25-35)45-32-48(46-28-41(36-16-6-2-7-17-36)26-42(29-46)37-18-8-3-9-19-37)34-49(33-45)47-30-43(38-20-10-4-11-21-38)27-44(31-47)39-22-12-5-13-23-39/h2-34H,1H3. The van der Waals surface area contributed by atoms with Crippen molar-refractivity contribution < 1.29 is 0 Å². The zero-order valence-corrected chi connectivity index (χ0v) is 27.6. The highest BCUT2D eigenvalue weighted by Crippen LogP contribution is 2.39.